The topological polar surface area (TPSA) is 64.0 Å². The van der Waals surface area contributed by atoms with Crippen molar-refractivity contribution in [3.05, 3.63) is 81.9 Å². The number of anilines is 1. The second kappa shape index (κ2) is 8.17. The predicted molar refractivity (Wildman–Crippen MR) is 108 cm³/mol. The Morgan fingerprint density at radius 2 is 1.82 bits per heavy atom. The maximum Gasteiger partial charge on any atom is 0.267 e. The summed E-state index contributed by atoms with van der Waals surface area (Å²) in [5, 5.41) is 7.20. The smallest absolute Gasteiger partial charge is 0.267 e. The van der Waals surface area contributed by atoms with E-state index in [9.17, 15) is 14.0 Å². The Bertz CT molecular complexity index is 1060. The number of halogens is 1. The fraction of sp³-hybridized carbons (Fsp3) is 0.227. The molecule has 1 heterocycles. The molecule has 3 rings (SSSR count). The minimum atomic E-state index is -0.775. The van der Waals surface area contributed by atoms with Crippen molar-refractivity contribution in [2.75, 3.05) is 5.32 Å². The first kappa shape index (κ1) is 19.5. The van der Waals surface area contributed by atoms with Crippen molar-refractivity contribution in [3.63, 3.8) is 0 Å². The number of nitrogens with zero attached hydrogens (tertiary/aromatic N) is 2. The van der Waals surface area contributed by atoms with E-state index >= 15 is 0 Å². The number of hydrogen-bond acceptors (Lipinski definition) is 3. The summed E-state index contributed by atoms with van der Waals surface area (Å²) in [5.74, 6) is -0.758. The highest BCUT2D eigenvalue weighted by Gasteiger charge is 2.22. The van der Waals surface area contributed by atoms with Gasteiger partial charge >= 0.3 is 0 Å². The van der Waals surface area contributed by atoms with Gasteiger partial charge in [-0.05, 0) is 62.2 Å². The van der Waals surface area contributed by atoms with Crippen LogP contribution in [0.1, 0.15) is 30.5 Å². The molecular weight excluding hydrogens is 357 g/mol. The molecule has 5 nitrogen and oxygen atoms in total. The third-order valence-electron chi connectivity index (χ3n) is 4.59. The van der Waals surface area contributed by atoms with Crippen molar-refractivity contribution in [1.82, 2.24) is 9.78 Å². The van der Waals surface area contributed by atoms with Crippen LogP contribution in [0.3, 0.4) is 0 Å². The first-order valence-corrected chi connectivity index (χ1v) is 9.13. The van der Waals surface area contributed by atoms with Gasteiger partial charge in [-0.3, -0.25) is 9.59 Å². The van der Waals surface area contributed by atoms with Crippen LogP contribution in [0.4, 0.5) is 10.1 Å². The first-order chi connectivity index (χ1) is 13.4. The maximum atomic E-state index is 13.1. The third kappa shape index (κ3) is 4.17. The van der Waals surface area contributed by atoms with Crippen LogP contribution in [0.2, 0.25) is 0 Å². The Morgan fingerprint density at radius 3 is 2.50 bits per heavy atom. The zero-order valence-corrected chi connectivity index (χ0v) is 16.1. The van der Waals surface area contributed by atoms with E-state index in [1.807, 2.05) is 39.0 Å². The summed E-state index contributed by atoms with van der Waals surface area (Å²) < 4.78 is 14.3. The van der Waals surface area contributed by atoms with E-state index in [1.54, 1.807) is 6.07 Å². The van der Waals surface area contributed by atoms with E-state index in [0.717, 1.165) is 16.7 Å². The predicted octanol–water partition coefficient (Wildman–Crippen LogP) is 4.26. The molecule has 0 unspecified atom stereocenters. The molecule has 1 amide bonds. The number of hydrogen-bond donors (Lipinski definition) is 1. The van der Waals surface area contributed by atoms with Crippen molar-refractivity contribution in [2.45, 2.75) is 33.2 Å². The molecular formula is C22H22FN3O2. The Kier molecular flexibility index (Phi) is 5.68. The quantitative estimate of drug-likeness (QED) is 0.721. The van der Waals surface area contributed by atoms with Crippen molar-refractivity contribution in [1.29, 1.82) is 0 Å². The van der Waals surface area contributed by atoms with Gasteiger partial charge in [0.05, 0.1) is 5.69 Å². The molecule has 3 aromatic rings. The Labute approximate surface area is 162 Å². The van der Waals surface area contributed by atoms with Gasteiger partial charge in [-0.2, -0.15) is 5.10 Å². The van der Waals surface area contributed by atoms with Crippen LogP contribution in [0.25, 0.3) is 11.3 Å². The number of aryl methyl sites for hydroxylation is 2. The second-order valence-electron chi connectivity index (χ2n) is 6.74. The van der Waals surface area contributed by atoms with Gasteiger partial charge in [0.15, 0.2) is 0 Å². The molecule has 1 atom stereocenters. The van der Waals surface area contributed by atoms with Crippen LogP contribution in [0.15, 0.2) is 59.4 Å². The molecule has 0 saturated carbocycles. The molecule has 6 heteroatoms. The highest BCUT2D eigenvalue weighted by Crippen LogP contribution is 2.23. The molecule has 28 heavy (non-hydrogen) atoms. The van der Waals surface area contributed by atoms with Gasteiger partial charge in [0.1, 0.15) is 11.9 Å². The molecule has 0 bridgehead atoms. The molecule has 0 radical (unpaired) electrons. The zero-order chi connectivity index (χ0) is 20.3. The molecule has 1 N–H and O–H groups in total. The second-order valence-corrected chi connectivity index (χ2v) is 6.74. The lowest BCUT2D eigenvalue weighted by Gasteiger charge is -2.18. The molecule has 0 saturated heterocycles. The summed E-state index contributed by atoms with van der Waals surface area (Å²) in [4.78, 5) is 25.2. The normalized spacial score (nSPS) is 11.9. The van der Waals surface area contributed by atoms with Gasteiger partial charge < -0.3 is 5.32 Å². The van der Waals surface area contributed by atoms with Crippen LogP contribution in [0, 0.1) is 19.7 Å². The van der Waals surface area contributed by atoms with E-state index in [0.29, 0.717) is 17.8 Å². The molecule has 144 valence electrons. The minimum absolute atomic E-state index is 0.352. The number of amides is 1. The summed E-state index contributed by atoms with van der Waals surface area (Å²) >= 11 is 0. The largest absolute Gasteiger partial charge is 0.324 e. The Morgan fingerprint density at radius 1 is 1.11 bits per heavy atom. The van der Waals surface area contributed by atoms with Crippen LogP contribution < -0.4 is 10.9 Å². The Balaban J connectivity index is 1.96. The van der Waals surface area contributed by atoms with Crippen LogP contribution >= 0.6 is 0 Å². The molecule has 1 aromatic heterocycles. The van der Waals surface area contributed by atoms with E-state index < -0.39 is 6.04 Å². The van der Waals surface area contributed by atoms with Crippen molar-refractivity contribution in [3.8, 4) is 11.3 Å². The minimum Gasteiger partial charge on any atom is -0.324 e. The lowest BCUT2D eigenvalue weighted by molar-refractivity contribution is -0.119. The highest BCUT2D eigenvalue weighted by atomic mass is 19.1. The Hall–Kier alpha value is -3.28. The van der Waals surface area contributed by atoms with E-state index in [4.69, 9.17) is 0 Å². The average molecular weight is 379 g/mol. The van der Waals surface area contributed by atoms with Gasteiger partial charge in [0, 0.05) is 17.3 Å². The summed E-state index contributed by atoms with van der Waals surface area (Å²) in [7, 11) is 0. The highest BCUT2D eigenvalue weighted by molar-refractivity contribution is 5.93. The van der Waals surface area contributed by atoms with Crippen LogP contribution in [0.5, 0.6) is 0 Å². The lowest BCUT2D eigenvalue weighted by Crippen LogP contribution is -2.34. The monoisotopic (exact) mass is 379 g/mol. The van der Waals surface area contributed by atoms with Crippen molar-refractivity contribution < 1.29 is 9.18 Å². The molecule has 0 fully saturated rings. The third-order valence-corrected chi connectivity index (χ3v) is 4.59. The molecule has 0 aliphatic heterocycles. The standard InChI is InChI=1S/C22H22FN3O2/c1-4-20(22(28)24-17-9-7-16(23)8-10-17)26-21(27)12-11-19(25-26)18-13-14(2)5-6-15(18)3/h5-13,20H,4H2,1-3H3,(H,24,28)/t20-/m1/s1. The summed E-state index contributed by atoms with van der Waals surface area (Å²) in [6, 6.07) is 13.8. The first-order valence-electron chi connectivity index (χ1n) is 9.13. The van der Waals surface area contributed by atoms with E-state index in [-0.39, 0.29) is 17.3 Å². The lowest BCUT2D eigenvalue weighted by atomic mass is 10.0. The average Bonchev–Trinajstić information content (AvgIpc) is 2.67. The summed E-state index contributed by atoms with van der Waals surface area (Å²) in [5.41, 5.74) is 3.78. The fourth-order valence-electron chi connectivity index (χ4n) is 3.03. The van der Waals surface area contributed by atoms with Crippen molar-refractivity contribution in [2.24, 2.45) is 0 Å². The van der Waals surface area contributed by atoms with Gasteiger partial charge in [0.25, 0.3) is 5.56 Å². The van der Waals surface area contributed by atoms with Gasteiger partial charge in [0.2, 0.25) is 5.91 Å². The van der Waals surface area contributed by atoms with E-state index in [1.165, 1.54) is 35.0 Å². The van der Waals surface area contributed by atoms with Gasteiger partial charge in [-0.1, -0.05) is 24.6 Å². The molecule has 0 spiro atoms. The number of carbonyl (C=O) groups excluding carboxylic acids is 1. The summed E-state index contributed by atoms with van der Waals surface area (Å²) in [6.45, 7) is 5.78. The van der Waals surface area contributed by atoms with Gasteiger partial charge in [-0.25, -0.2) is 9.07 Å². The molecule has 2 aromatic carbocycles. The maximum absolute atomic E-state index is 13.1. The molecule has 0 aliphatic rings. The number of benzene rings is 2. The summed E-state index contributed by atoms with van der Waals surface area (Å²) in [6.07, 6.45) is 0.385. The number of rotatable bonds is 5. The number of nitrogens with one attached hydrogen (secondary N) is 1. The van der Waals surface area contributed by atoms with Crippen molar-refractivity contribution >= 4 is 11.6 Å². The van der Waals surface area contributed by atoms with E-state index in [2.05, 4.69) is 10.4 Å². The number of carbonyl (C=O) groups is 1. The fourth-order valence-corrected chi connectivity index (χ4v) is 3.03. The number of aromatic nitrogens is 2. The SMILES string of the molecule is CC[C@H](C(=O)Nc1ccc(F)cc1)n1nc(-c2cc(C)ccc2C)ccc1=O. The zero-order valence-electron chi connectivity index (χ0n) is 16.1. The van der Waals surface area contributed by atoms with Crippen LogP contribution in [-0.2, 0) is 4.79 Å². The van der Waals surface area contributed by atoms with Crippen LogP contribution in [-0.4, -0.2) is 15.7 Å². The molecule has 0 aliphatic carbocycles. The van der Waals surface area contributed by atoms with Gasteiger partial charge in [-0.15, -0.1) is 0 Å².